The highest BCUT2D eigenvalue weighted by Crippen LogP contribution is 2.12. The molecular formula is C18H26N2O4. The van der Waals surface area contributed by atoms with Crippen LogP contribution in [0.3, 0.4) is 0 Å². The number of nitrogens with one attached hydrogen (secondary N) is 1. The Kier molecular flexibility index (Phi) is 7.39. The molecular weight excluding hydrogens is 308 g/mol. The lowest BCUT2D eigenvalue weighted by atomic mass is 10.1. The Morgan fingerprint density at radius 1 is 1.25 bits per heavy atom. The molecule has 24 heavy (non-hydrogen) atoms. The van der Waals surface area contributed by atoms with Gasteiger partial charge in [-0.25, -0.2) is 9.59 Å². The predicted molar refractivity (Wildman–Crippen MR) is 90.6 cm³/mol. The smallest absolute Gasteiger partial charge is 0.410 e. The molecule has 1 N–H and O–H groups in total. The van der Waals surface area contributed by atoms with Crippen LogP contribution in [0, 0.1) is 0 Å². The van der Waals surface area contributed by atoms with E-state index in [0.29, 0.717) is 19.7 Å². The van der Waals surface area contributed by atoms with Gasteiger partial charge in [-0.1, -0.05) is 43.7 Å². The Labute approximate surface area is 143 Å². The van der Waals surface area contributed by atoms with Gasteiger partial charge in [-0.05, 0) is 24.8 Å². The lowest BCUT2D eigenvalue weighted by molar-refractivity contribution is 0.0807. The molecule has 0 spiro atoms. The number of carbonyl (C=O) groups is 2. The van der Waals surface area contributed by atoms with Gasteiger partial charge in [-0.2, -0.15) is 0 Å². The first-order valence-electron chi connectivity index (χ1n) is 8.58. The van der Waals surface area contributed by atoms with E-state index >= 15 is 0 Å². The number of carbonyl (C=O) groups excluding carboxylic acids is 2. The highest BCUT2D eigenvalue weighted by molar-refractivity contribution is 5.69. The summed E-state index contributed by atoms with van der Waals surface area (Å²) in [7, 11) is 0. The van der Waals surface area contributed by atoms with Crippen LogP contribution in [-0.4, -0.2) is 42.8 Å². The van der Waals surface area contributed by atoms with E-state index in [1.165, 1.54) is 0 Å². The minimum absolute atomic E-state index is 0.0860. The van der Waals surface area contributed by atoms with Gasteiger partial charge in [0.25, 0.3) is 0 Å². The normalized spacial score (nSPS) is 17.2. The van der Waals surface area contributed by atoms with E-state index in [1.807, 2.05) is 37.3 Å². The van der Waals surface area contributed by atoms with E-state index in [4.69, 9.17) is 9.47 Å². The van der Waals surface area contributed by atoms with Gasteiger partial charge >= 0.3 is 12.2 Å². The highest BCUT2D eigenvalue weighted by Gasteiger charge is 2.26. The second kappa shape index (κ2) is 9.80. The van der Waals surface area contributed by atoms with Crippen molar-refractivity contribution in [3.05, 3.63) is 35.9 Å². The van der Waals surface area contributed by atoms with Crippen LogP contribution < -0.4 is 5.32 Å². The number of rotatable bonds is 6. The van der Waals surface area contributed by atoms with Gasteiger partial charge in [0.15, 0.2) is 0 Å². The van der Waals surface area contributed by atoms with Crippen molar-refractivity contribution < 1.29 is 19.1 Å². The maximum atomic E-state index is 12.2. The van der Waals surface area contributed by atoms with E-state index in [0.717, 1.165) is 31.2 Å². The predicted octanol–water partition coefficient (Wildman–Crippen LogP) is 3.31. The fourth-order valence-corrected chi connectivity index (χ4v) is 2.59. The topological polar surface area (TPSA) is 67.9 Å². The average Bonchev–Trinajstić information content (AvgIpc) is 2.61. The third kappa shape index (κ3) is 6.10. The van der Waals surface area contributed by atoms with E-state index in [1.54, 1.807) is 4.90 Å². The number of amides is 2. The quantitative estimate of drug-likeness (QED) is 0.811. The minimum atomic E-state index is -0.409. The number of nitrogens with zero attached hydrogens (tertiary/aromatic N) is 1. The molecule has 1 aromatic rings. The number of unbranched alkanes of at least 4 members (excludes halogenated alkanes) is 1. The molecule has 0 radical (unpaired) electrons. The average molecular weight is 334 g/mol. The molecule has 2 amide bonds. The van der Waals surface area contributed by atoms with Crippen LogP contribution in [0.4, 0.5) is 9.59 Å². The molecule has 1 fully saturated rings. The molecule has 1 heterocycles. The molecule has 1 aliphatic heterocycles. The summed E-state index contributed by atoms with van der Waals surface area (Å²) in [6.07, 6.45) is 2.76. The number of likely N-dealkylation sites (tertiary alicyclic amines) is 1. The van der Waals surface area contributed by atoms with Crippen LogP contribution in [-0.2, 0) is 16.1 Å². The molecule has 6 nitrogen and oxygen atoms in total. The maximum Gasteiger partial charge on any atom is 0.410 e. The van der Waals surface area contributed by atoms with E-state index in [2.05, 4.69) is 5.32 Å². The molecule has 132 valence electrons. The van der Waals surface area contributed by atoms with Crippen LogP contribution in [0.25, 0.3) is 0 Å². The van der Waals surface area contributed by atoms with Crippen molar-refractivity contribution in [2.24, 2.45) is 0 Å². The number of hydrogen-bond donors (Lipinski definition) is 1. The van der Waals surface area contributed by atoms with Gasteiger partial charge in [0.2, 0.25) is 0 Å². The summed E-state index contributed by atoms with van der Waals surface area (Å²) in [5.74, 6) is 0. The summed E-state index contributed by atoms with van der Waals surface area (Å²) in [4.78, 5) is 25.5. The molecule has 1 unspecified atom stereocenters. The Morgan fingerprint density at radius 2 is 2.04 bits per heavy atom. The van der Waals surface area contributed by atoms with Gasteiger partial charge in [0, 0.05) is 19.1 Å². The fraction of sp³-hybridized carbons (Fsp3) is 0.556. The van der Waals surface area contributed by atoms with Gasteiger partial charge < -0.3 is 19.7 Å². The number of piperidine rings is 1. The van der Waals surface area contributed by atoms with Crippen LogP contribution in [0.1, 0.15) is 38.2 Å². The van der Waals surface area contributed by atoms with Crippen molar-refractivity contribution in [2.75, 3.05) is 19.7 Å². The van der Waals surface area contributed by atoms with Crippen molar-refractivity contribution >= 4 is 12.2 Å². The molecule has 0 aliphatic carbocycles. The monoisotopic (exact) mass is 334 g/mol. The Balaban J connectivity index is 1.73. The van der Waals surface area contributed by atoms with Gasteiger partial charge in [0.1, 0.15) is 6.61 Å². The zero-order valence-corrected chi connectivity index (χ0v) is 14.2. The summed E-state index contributed by atoms with van der Waals surface area (Å²) in [6.45, 7) is 3.83. The van der Waals surface area contributed by atoms with Crippen LogP contribution in [0.15, 0.2) is 30.3 Å². The summed E-state index contributed by atoms with van der Waals surface area (Å²) in [5, 5.41) is 2.83. The first kappa shape index (κ1) is 18.1. The summed E-state index contributed by atoms with van der Waals surface area (Å²) >= 11 is 0. The van der Waals surface area contributed by atoms with Crippen molar-refractivity contribution in [3.63, 3.8) is 0 Å². The van der Waals surface area contributed by atoms with E-state index < -0.39 is 6.09 Å². The maximum absolute atomic E-state index is 12.2. The SMILES string of the molecule is CCCCOC(=O)NC1CCCN(C(=O)OCc2ccccc2)C1. The second-order valence-electron chi connectivity index (χ2n) is 5.96. The van der Waals surface area contributed by atoms with Crippen molar-refractivity contribution in [1.29, 1.82) is 0 Å². The molecule has 1 saturated heterocycles. The molecule has 6 heteroatoms. The summed E-state index contributed by atoms with van der Waals surface area (Å²) in [5.41, 5.74) is 0.956. The van der Waals surface area contributed by atoms with Crippen LogP contribution in [0.2, 0.25) is 0 Å². The summed E-state index contributed by atoms with van der Waals surface area (Å²) in [6, 6.07) is 9.49. The van der Waals surface area contributed by atoms with E-state index in [9.17, 15) is 9.59 Å². The van der Waals surface area contributed by atoms with Gasteiger partial charge in [-0.15, -0.1) is 0 Å². The number of ether oxygens (including phenoxy) is 2. The second-order valence-corrected chi connectivity index (χ2v) is 5.96. The van der Waals surface area contributed by atoms with Crippen molar-refractivity contribution in [1.82, 2.24) is 10.2 Å². The summed E-state index contributed by atoms with van der Waals surface area (Å²) < 4.78 is 10.4. The van der Waals surface area contributed by atoms with E-state index in [-0.39, 0.29) is 18.7 Å². The lowest BCUT2D eigenvalue weighted by Gasteiger charge is -2.32. The molecule has 0 aromatic heterocycles. The first-order valence-corrected chi connectivity index (χ1v) is 8.58. The standard InChI is InChI=1S/C18H26N2O4/c1-2-3-12-23-17(21)19-16-10-7-11-20(13-16)18(22)24-14-15-8-5-4-6-9-15/h4-6,8-9,16H,2-3,7,10-14H2,1H3,(H,19,21). The first-order chi connectivity index (χ1) is 11.7. The molecule has 2 rings (SSSR count). The highest BCUT2D eigenvalue weighted by atomic mass is 16.6. The number of benzene rings is 1. The molecule has 1 aromatic carbocycles. The minimum Gasteiger partial charge on any atom is -0.450 e. The van der Waals surface area contributed by atoms with Crippen molar-refractivity contribution in [2.45, 2.75) is 45.3 Å². The zero-order chi connectivity index (χ0) is 17.2. The van der Waals surface area contributed by atoms with Crippen molar-refractivity contribution in [3.8, 4) is 0 Å². The zero-order valence-electron chi connectivity index (χ0n) is 14.2. The van der Waals surface area contributed by atoms with Crippen LogP contribution in [0.5, 0.6) is 0 Å². The Hall–Kier alpha value is -2.24. The van der Waals surface area contributed by atoms with Gasteiger partial charge in [0.05, 0.1) is 6.61 Å². The molecule has 1 aliphatic rings. The Bertz CT molecular complexity index is 521. The number of hydrogen-bond acceptors (Lipinski definition) is 4. The fourth-order valence-electron chi connectivity index (χ4n) is 2.59. The third-order valence-corrected chi connectivity index (χ3v) is 3.94. The lowest BCUT2D eigenvalue weighted by Crippen LogP contribution is -2.49. The van der Waals surface area contributed by atoms with Crippen LogP contribution >= 0.6 is 0 Å². The molecule has 0 bridgehead atoms. The van der Waals surface area contributed by atoms with Gasteiger partial charge in [-0.3, -0.25) is 0 Å². The largest absolute Gasteiger partial charge is 0.450 e. The number of alkyl carbamates (subject to hydrolysis) is 1. The Morgan fingerprint density at radius 3 is 2.79 bits per heavy atom. The third-order valence-electron chi connectivity index (χ3n) is 3.94. The molecule has 1 atom stereocenters. The molecule has 0 saturated carbocycles.